The zero-order valence-electron chi connectivity index (χ0n) is 11.3. The zero-order chi connectivity index (χ0) is 13.7. The molecule has 0 saturated heterocycles. The van der Waals surface area contributed by atoms with Gasteiger partial charge in [-0.05, 0) is 37.3 Å². The van der Waals surface area contributed by atoms with Gasteiger partial charge < -0.3 is 10.6 Å². The molecule has 5 heteroatoms. The van der Waals surface area contributed by atoms with Crippen molar-refractivity contribution in [3.8, 4) is 0 Å². The van der Waals surface area contributed by atoms with Crippen LogP contribution in [0.25, 0.3) is 0 Å². The Balaban J connectivity index is 1.79. The van der Waals surface area contributed by atoms with Crippen molar-refractivity contribution in [3.05, 3.63) is 20.8 Å². The summed E-state index contributed by atoms with van der Waals surface area (Å²) in [6.45, 7) is 3.56. The first-order valence-electron chi connectivity index (χ1n) is 6.99. The second-order valence-corrected chi connectivity index (χ2v) is 6.70. The lowest BCUT2D eigenvalue weighted by atomic mass is 9.94. The third-order valence-corrected chi connectivity index (χ3v) is 4.74. The van der Waals surface area contributed by atoms with Gasteiger partial charge in [-0.25, -0.2) is 0 Å². The summed E-state index contributed by atoms with van der Waals surface area (Å²) in [5.74, 6) is 0.133. The summed E-state index contributed by atoms with van der Waals surface area (Å²) in [5.41, 5.74) is 1.34. The molecule has 3 nitrogen and oxygen atoms in total. The fourth-order valence-corrected chi connectivity index (χ4v) is 3.83. The second kappa shape index (κ2) is 7.27. The van der Waals surface area contributed by atoms with Crippen molar-refractivity contribution in [2.75, 3.05) is 13.1 Å². The van der Waals surface area contributed by atoms with Gasteiger partial charge in [0, 0.05) is 30.4 Å². The van der Waals surface area contributed by atoms with Crippen LogP contribution in [0.15, 0.2) is 6.07 Å². The number of halogens is 1. The number of hydrogen-bond acceptors (Lipinski definition) is 3. The molecule has 0 radical (unpaired) electrons. The van der Waals surface area contributed by atoms with Crippen LogP contribution in [0, 0.1) is 0 Å². The molecule has 2 N–H and O–H groups in total. The fourth-order valence-electron chi connectivity index (χ4n) is 2.45. The van der Waals surface area contributed by atoms with Crippen molar-refractivity contribution in [2.24, 2.45) is 0 Å². The highest BCUT2D eigenvalue weighted by molar-refractivity contribution is 7.16. The molecule has 1 atom stereocenters. The summed E-state index contributed by atoms with van der Waals surface area (Å²) >= 11 is 7.78. The van der Waals surface area contributed by atoms with E-state index in [1.807, 2.05) is 0 Å². The molecule has 19 heavy (non-hydrogen) atoms. The molecule has 0 spiro atoms. The van der Waals surface area contributed by atoms with E-state index in [-0.39, 0.29) is 5.91 Å². The molecular formula is C14H21ClN2OS. The monoisotopic (exact) mass is 300 g/mol. The van der Waals surface area contributed by atoms with Crippen LogP contribution in [0.1, 0.15) is 49.1 Å². The molecule has 1 unspecified atom stereocenters. The summed E-state index contributed by atoms with van der Waals surface area (Å²) in [7, 11) is 0. The van der Waals surface area contributed by atoms with Crippen LogP contribution in [0.3, 0.4) is 0 Å². The van der Waals surface area contributed by atoms with E-state index >= 15 is 0 Å². The van der Waals surface area contributed by atoms with E-state index in [1.165, 1.54) is 16.9 Å². The smallest absolute Gasteiger partial charge is 0.221 e. The van der Waals surface area contributed by atoms with Crippen molar-refractivity contribution >= 4 is 28.8 Å². The van der Waals surface area contributed by atoms with Gasteiger partial charge >= 0.3 is 0 Å². The number of rotatable bonds is 6. The predicted octanol–water partition coefficient (Wildman–Crippen LogP) is 3.28. The van der Waals surface area contributed by atoms with Gasteiger partial charge in [-0.15, -0.1) is 11.3 Å². The third kappa shape index (κ3) is 4.20. The Labute approximate surface area is 123 Å². The van der Waals surface area contributed by atoms with Crippen LogP contribution in [-0.4, -0.2) is 19.0 Å². The van der Waals surface area contributed by atoms with E-state index in [2.05, 4.69) is 23.6 Å². The second-order valence-electron chi connectivity index (χ2n) is 4.93. The minimum absolute atomic E-state index is 0.133. The first kappa shape index (κ1) is 14.8. The maximum Gasteiger partial charge on any atom is 0.221 e. The minimum atomic E-state index is 0.133. The molecule has 0 aromatic carbocycles. The van der Waals surface area contributed by atoms with Crippen LogP contribution in [0.2, 0.25) is 4.34 Å². The Morgan fingerprint density at radius 2 is 2.37 bits per heavy atom. The lowest BCUT2D eigenvalue weighted by Gasteiger charge is -2.23. The third-order valence-electron chi connectivity index (χ3n) is 3.40. The summed E-state index contributed by atoms with van der Waals surface area (Å²) in [5, 5.41) is 6.38. The molecule has 1 heterocycles. The largest absolute Gasteiger partial charge is 0.356 e. The van der Waals surface area contributed by atoms with E-state index in [0.717, 1.165) is 36.7 Å². The number of fused-ring (bicyclic) bond motifs is 1. The Morgan fingerprint density at radius 1 is 1.53 bits per heavy atom. The highest BCUT2D eigenvalue weighted by Crippen LogP contribution is 2.37. The molecule has 106 valence electrons. The van der Waals surface area contributed by atoms with Crippen molar-refractivity contribution in [2.45, 2.75) is 45.1 Å². The summed E-state index contributed by atoms with van der Waals surface area (Å²) < 4.78 is 0.874. The van der Waals surface area contributed by atoms with Gasteiger partial charge in [0.05, 0.1) is 4.34 Å². The molecule has 1 aromatic rings. The SMILES string of the molecule is CCCNC(=O)CCNC1CCCc2sc(Cl)cc21. The van der Waals surface area contributed by atoms with Gasteiger partial charge in [-0.1, -0.05) is 18.5 Å². The molecular weight excluding hydrogens is 280 g/mol. The molecule has 0 fully saturated rings. The molecule has 2 rings (SSSR count). The van der Waals surface area contributed by atoms with Crippen LogP contribution in [-0.2, 0) is 11.2 Å². The van der Waals surface area contributed by atoms with Crippen LogP contribution in [0.5, 0.6) is 0 Å². The number of carbonyl (C=O) groups excluding carboxylic acids is 1. The van der Waals surface area contributed by atoms with E-state index < -0.39 is 0 Å². The average molecular weight is 301 g/mol. The molecule has 0 aliphatic heterocycles. The van der Waals surface area contributed by atoms with Crippen LogP contribution >= 0.6 is 22.9 Å². The molecule has 0 saturated carbocycles. The maximum absolute atomic E-state index is 11.5. The number of thiophene rings is 1. The normalized spacial score (nSPS) is 18.1. The van der Waals surface area contributed by atoms with Gasteiger partial charge in [0.15, 0.2) is 0 Å². The Morgan fingerprint density at radius 3 is 3.16 bits per heavy atom. The predicted molar refractivity (Wildman–Crippen MR) is 80.9 cm³/mol. The van der Waals surface area contributed by atoms with E-state index in [9.17, 15) is 4.79 Å². The molecule has 1 aromatic heterocycles. The highest BCUT2D eigenvalue weighted by atomic mass is 35.5. The van der Waals surface area contributed by atoms with E-state index in [1.54, 1.807) is 11.3 Å². The molecule has 1 amide bonds. The number of aryl methyl sites for hydroxylation is 1. The van der Waals surface area contributed by atoms with Gasteiger partial charge in [0.2, 0.25) is 5.91 Å². The Bertz CT molecular complexity index is 433. The first-order valence-corrected chi connectivity index (χ1v) is 8.18. The van der Waals surface area contributed by atoms with E-state index in [4.69, 9.17) is 11.6 Å². The van der Waals surface area contributed by atoms with Gasteiger partial charge in [0.1, 0.15) is 0 Å². The number of amides is 1. The van der Waals surface area contributed by atoms with Gasteiger partial charge in [-0.2, -0.15) is 0 Å². The van der Waals surface area contributed by atoms with Crippen molar-refractivity contribution in [3.63, 3.8) is 0 Å². The Hall–Kier alpha value is -0.580. The van der Waals surface area contributed by atoms with Crippen molar-refractivity contribution < 1.29 is 4.79 Å². The molecule has 1 aliphatic carbocycles. The lowest BCUT2D eigenvalue weighted by molar-refractivity contribution is -0.121. The Kier molecular flexibility index (Phi) is 5.67. The minimum Gasteiger partial charge on any atom is -0.356 e. The van der Waals surface area contributed by atoms with Gasteiger partial charge in [0.25, 0.3) is 0 Å². The van der Waals surface area contributed by atoms with Crippen molar-refractivity contribution in [1.29, 1.82) is 0 Å². The molecule has 0 bridgehead atoms. The van der Waals surface area contributed by atoms with E-state index in [0.29, 0.717) is 12.5 Å². The number of carbonyl (C=O) groups is 1. The lowest BCUT2D eigenvalue weighted by Crippen LogP contribution is -2.30. The standard InChI is InChI=1S/C14H21ClN2OS/c1-2-7-17-14(18)6-8-16-11-4-3-5-12-10(11)9-13(15)19-12/h9,11,16H,2-8H2,1H3,(H,17,18). The molecule has 1 aliphatic rings. The number of hydrogen-bond donors (Lipinski definition) is 2. The topological polar surface area (TPSA) is 41.1 Å². The van der Waals surface area contributed by atoms with Crippen LogP contribution in [0.4, 0.5) is 0 Å². The first-order chi connectivity index (χ1) is 9.20. The average Bonchev–Trinajstić information content (AvgIpc) is 2.77. The van der Waals surface area contributed by atoms with Crippen molar-refractivity contribution in [1.82, 2.24) is 10.6 Å². The fraction of sp³-hybridized carbons (Fsp3) is 0.643. The summed E-state index contributed by atoms with van der Waals surface area (Å²) in [6, 6.07) is 2.45. The number of nitrogens with one attached hydrogen (secondary N) is 2. The van der Waals surface area contributed by atoms with Crippen LogP contribution < -0.4 is 10.6 Å². The maximum atomic E-state index is 11.5. The summed E-state index contributed by atoms with van der Waals surface area (Å²) in [4.78, 5) is 12.9. The summed E-state index contributed by atoms with van der Waals surface area (Å²) in [6.07, 6.45) is 5.00. The van der Waals surface area contributed by atoms with Gasteiger partial charge in [-0.3, -0.25) is 4.79 Å². The zero-order valence-corrected chi connectivity index (χ0v) is 12.9. The highest BCUT2D eigenvalue weighted by Gasteiger charge is 2.22. The quantitative estimate of drug-likeness (QED) is 0.846.